The highest BCUT2D eigenvalue weighted by Crippen LogP contribution is 2.34. The zero-order valence-electron chi connectivity index (χ0n) is 11.7. The van der Waals surface area contributed by atoms with Gasteiger partial charge in [-0.25, -0.2) is 8.42 Å². The number of halogens is 1. The topological polar surface area (TPSA) is 77.3 Å². The Morgan fingerprint density at radius 2 is 1.59 bits per heavy atom. The quantitative estimate of drug-likeness (QED) is 0.362. The van der Waals surface area contributed by atoms with E-state index in [1.807, 2.05) is 6.92 Å². The molecule has 7 heteroatoms. The average molecular weight is 340 g/mol. The van der Waals surface area contributed by atoms with Crippen molar-refractivity contribution in [1.29, 1.82) is 0 Å². The Bertz CT molecular complexity index is 760. The van der Waals surface area contributed by atoms with Crippen LogP contribution in [0.15, 0.2) is 59.5 Å². The summed E-state index contributed by atoms with van der Waals surface area (Å²) in [4.78, 5) is 10.3. The molecule has 0 amide bonds. The lowest BCUT2D eigenvalue weighted by Crippen LogP contribution is -2.28. The Kier molecular flexibility index (Phi) is 4.83. The van der Waals surface area contributed by atoms with Crippen LogP contribution in [0.5, 0.6) is 0 Å². The molecule has 0 radical (unpaired) electrons. The van der Waals surface area contributed by atoms with Crippen LogP contribution in [-0.2, 0) is 9.84 Å². The predicted molar refractivity (Wildman–Crippen MR) is 84.2 cm³/mol. The first-order valence-corrected chi connectivity index (χ1v) is 8.45. The van der Waals surface area contributed by atoms with E-state index in [1.165, 1.54) is 12.1 Å². The normalized spacial score (nSPS) is 14.3. The zero-order valence-corrected chi connectivity index (χ0v) is 13.3. The summed E-state index contributed by atoms with van der Waals surface area (Å²) in [6.07, 6.45) is 0. The number of nitro groups is 1. The number of hydrogen-bond acceptors (Lipinski definition) is 4. The fraction of sp³-hybridized carbons (Fsp3) is 0.200. The first-order chi connectivity index (χ1) is 10.3. The highest BCUT2D eigenvalue weighted by Gasteiger charge is 2.42. The van der Waals surface area contributed by atoms with Gasteiger partial charge >= 0.3 is 5.50 Å². The minimum absolute atomic E-state index is 0.00748. The summed E-state index contributed by atoms with van der Waals surface area (Å²) < 4.78 is 25.5. The summed E-state index contributed by atoms with van der Waals surface area (Å²) in [6.45, 7) is 1.84. The number of hydrogen-bond donors (Lipinski definition) is 0. The number of rotatable bonds is 5. The maximum Gasteiger partial charge on any atom is 0.307 e. The molecular weight excluding hydrogens is 326 g/mol. The molecule has 5 nitrogen and oxygen atoms in total. The monoisotopic (exact) mass is 339 g/mol. The van der Waals surface area contributed by atoms with Crippen LogP contribution in [0.25, 0.3) is 0 Å². The van der Waals surface area contributed by atoms with E-state index in [0.29, 0.717) is 5.56 Å². The van der Waals surface area contributed by atoms with Crippen molar-refractivity contribution in [3.63, 3.8) is 0 Å². The molecule has 2 rings (SSSR count). The van der Waals surface area contributed by atoms with Gasteiger partial charge in [-0.1, -0.05) is 48.0 Å². The zero-order chi connectivity index (χ0) is 16.3. The van der Waals surface area contributed by atoms with E-state index in [0.717, 1.165) is 5.56 Å². The summed E-state index contributed by atoms with van der Waals surface area (Å²) in [5.74, 6) is 0. The van der Waals surface area contributed by atoms with Crippen molar-refractivity contribution in [3.8, 4) is 0 Å². The van der Waals surface area contributed by atoms with Crippen LogP contribution in [-0.4, -0.2) is 18.8 Å². The maximum absolute atomic E-state index is 12.8. The third-order valence-corrected chi connectivity index (χ3v) is 5.95. The molecule has 116 valence electrons. The number of benzene rings is 2. The molecule has 0 aromatic heterocycles. The van der Waals surface area contributed by atoms with Gasteiger partial charge in [0.15, 0.2) is 15.1 Å². The maximum atomic E-state index is 12.8. The lowest BCUT2D eigenvalue weighted by molar-refractivity contribution is -0.498. The molecule has 0 aliphatic carbocycles. The molecular formula is C15H14ClNO4S. The molecule has 0 saturated carbocycles. The second-order valence-corrected chi connectivity index (χ2v) is 7.36. The number of aryl methyl sites for hydroxylation is 1. The van der Waals surface area contributed by atoms with E-state index in [9.17, 15) is 18.5 Å². The molecule has 0 N–H and O–H groups in total. The third kappa shape index (κ3) is 3.28. The van der Waals surface area contributed by atoms with Crippen LogP contribution in [0.2, 0.25) is 0 Å². The van der Waals surface area contributed by atoms with Gasteiger partial charge in [0.05, 0.1) is 4.90 Å². The van der Waals surface area contributed by atoms with Crippen molar-refractivity contribution in [2.45, 2.75) is 22.6 Å². The standard InChI is InChI=1S/C15H14ClNO4S/c1-11-7-9-12(10-8-11)14(15(16)17(18)19)22(20,21)13-5-3-2-4-6-13/h2-10,14-15H,1H3. The van der Waals surface area contributed by atoms with Gasteiger partial charge in [-0.15, -0.1) is 0 Å². The molecule has 2 aromatic rings. The van der Waals surface area contributed by atoms with Crippen molar-refractivity contribution in [1.82, 2.24) is 0 Å². The summed E-state index contributed by atoms with van der Waals surface area (Å²) in [5, 5.41) is 9.62. The summed E-state index contributed by atoms with van der Waals surface area (Å²) >= 11 is 5.81. The van der Waals surface area contributed by atoms with Crippen LogP contribution < -0.4 is 0 Å². The van der Waals surface area contributed by atoms with Gasteiger partial charge in [0.1, 0.15) is 0 Å². The minimum Gasteiger partial charge on any atom is -0.263 e. The highest BCUT2D eigenvalue weighted by molar-refractivity contribution is 7.91. The van der Waals surface area contributed by atoms with E-state index in [1.54, 1.807) is 42.5 Å². The van der Waals surface area contributed by atoms with Gasteiger partial charge in [0.25, 0.3) is 0 Å². The molecule has 0 saturated heterocycles. The first-order valence-electron chi connectivity index (χ1n) is 6.47. The van der Waals surface area contributed by atoms with Crippen LogP contribution in [0.4, 0.5) is 0 Å². The molecule has 2 aromatic carbocycles. The Balaban J connectivity index is 2.59. The van der Waals surface area contributed by atoms with Crippen molar-refractivity contribution in [2.75, 3.05) is 0 Å². The lowest BCUT2D eigenvalue weighted by atomic mass is 10.1. The van der Waals surface area contributed by atoms with Crippen molar-refractivity contribution >= 4 is 21.4 Å². The fourth-order valence-corrected chi connectivity index (χ4v) is 4.40. The Morgan fingerprint density at radius 1 is 1.05 bits per heavy atom. The van der Waals surface area contributed by atoms with Crippen molar-refractivity contribution in [2.24, 2.45) is 0 Å². The molecule has 22 heavy (non-hydrogen) atoms. The van der Waals surface area contributed by atoms with Crippen LogP contribution in [0.1, 0.15) is 16.4 Å². The smallest absolute Gasteiger partial charge is 0.263 e. The molecule has 2 atom stereocenters. The molecule has 0 spiro atoms. The molecule has 0 aliphatic rings. The summed E-state index contributed by atoms with van der Waals surface area (Å²) in [7, 11) is -3.98. The SMILES string of the molecule is Cc1ccc(C(C(Cl)[N+](=O)[O-])S(=O)(=O)c2ccccc2)cc1. The van der Waals surface area contributed by atoms with Gasteiger partial charge in [0.2, 0.25) is 0 Å². The first kappa shape index (κ1) is 16.5. The van der Waals surface area contributed by atoms with E-state index in [4.69, 9.17) is 11.6 Å². The van der Waals surface area contributed by atoms with E-state index in [-0.39, 0.29) is 4.90 Å². The third-order valence-electron chi connectivity index (χ3n) is 3.26. The van der Waals surface area contributed by atoms with Gasteiger partial charge in [-0.2, -0.15) is 0 Å². The van der Waals surface area contributed by atoms with Gasteiger partial charge < -0.3 is 0 Å². The van der Waals surface area contributed by atoms with E-state index in [2.05, 4.69) is 0 Å². The largest absolute Gasteiger partial charge is 0.307 e. The van der Waals surface area contributed by atoms with E-state index >= 15 is 0 Å². The highest BCUT2D eigenvalue weighted by atomic mass is 35.5. The Hall–Kier alpha value is -1.92. The Labute approximate surface area is 133 Å². The minimum atomic E-state index is -3.98. The van der Waals surface area contributed by atoms with Crippen molar-refractivity contribution in [3.05, 3.63) is 75.8 Å². The average Bonchev–Trinajstić information content (AvgIpc) is 2.50. The molecule has 0 aliphatic heterocycles. The van der Waals surface area contributed by atoms with Crippen LogP contribution >= 0.6 is 11.6 Å². The summed E-state index contributed by atoms with van der Waals surface area (Å²) in [5.41, 5.74) is -0.550. The number of nitrogens with zero attached hydrogens (tertiary/aromatic N) is 1. The number of sulfone groups is 1. The second kappa shape index (κ2) is 6.46. The molecule has 0 bridgehead atoms. The van der Waals surface area contributed by atoms with Gasteiger partial charge in [-0.05, 0) is 36.2 Å². The molecule has 0 fully saturated rings. The molecule has 0 heterocycles. The Morgan fingerprint density at radius 3 is 2.09 bits per heavy atom. The van der Waals surface area contributed by atoms with Crippen LogP contribution in [0.3, 0.4) is 0 Å². The van der Waals surface area contributed by atoms with Crippen LogP contribution in [0, 0.1) is 17.0 Å². The number of alkyl halides is 1. The second-order valence-electron chi connectivity index (χ2n) is 4.85. The van der Waals surface area contributed by atoms with Gasteiger partial charge in [0, 0.05) is 4.92 Å². The summed E-state index contributed by atoms with van der Waals surface area (Å²) in [6, 6.07) is 14.1. The molecule has 2 unspecified atom stereocenters. The van der Waals surface area contributed by atoms with Gasteiger partial charge in [-0.3, -0.25) is 10.1 Å². The van der Waals surface area contributed by atoms with Crippen molar-refractivity contribution < 1.29 is 13.3 Å². The van der Waals surface area contributed by atoms with E-state index < -0.39 is 25.5 Å². The predicted octanol–water partition coefficient (Wildman–Crippen LogP) is 3.35. The fourth-order valence-electron chi connectivity index (χ4n) is 2.11. The lowest BCUT2D eigenvalue weighted by Gasteiger charge is -2.18.